The van der Waals surface area contributed by atoms with Crippen molar-refractivity contribution in [2.45, 2.75) is 11.7 Å². The minimum absolute atomic E-state index is 0.127. The first kappa shape index (κ1) is 22.1. The van der Waals surface area contributed by atoms with Crippen molar-refractivity contribution in [3.63, 3.8) is 0 Å². The first-order valence-corrected chi connectivity index (χ1v) is 9.72. The molecule has 7 nitrogen and oxygen atoms in total. The Bertz CT molecular complexity index is 1190. The Kier molecular flexibility index (Phi) is 5.91. The number of amidine groups is 1. The van der Waals surface area contributed by atoms with E-state index in [1.807, 2.05) is 18.2 Å². The second-order valence-electron chi connectivity index (χ2n) is 7.12. The maximum absolute atomic E-state index is 13.7. The summed E-state index contributed by atoms with van der Waals surface area (Å²) < 4.78 is 51.7. The Balaban J connectivity index is 1.89. The van der Waals surface area contributed by atoms with Crippen molar-refractivity contribution in [2.24, 2.45) is 4.99 Å². The molecule has 4 rings (SSSR count). The van der Waals surface area contributed by atoms with Gasteiger partial charge in [-0.1, -0.05) is 30.3 Å². The molecule has 2 aromatic carbocycles. The second kappa shape index (κ2) is 8.81. The van der Waals surface area contributed by atoms with E-state index >= 15 is 0 Å². The second-order valence-corrected chi connectivity index (χ2v) is 7.12. The molecule has 0 spiro atoms. The van der Waals surface area contributed by atoms with Crippen LogP contribution in [-0.4, -0.2) is 31.2 Å². The van der Waals surface area contributed by atoms with Crippen molar-refractivity contribution in [3.05, 3.63) is 83.7 Å². The van der Waals surface area contributed by atoms with E-state index in [0.29, 0.717) is 5.56 Å². The van der Waals surface area contributed by atoms with Crippen molar-refractivity contribution < 1.29 is 32.3 Å². The number of methoxy groups -OCH3 is 1. The van der Waals surface area contributed by atoms with Gasteiger partial charge >= 0.3 is 18.7 Å². The van der Waals surface area contributed by atoms with Crippen LogP contribution in [0.25, 0.3) is 11.1 Å². The predicted octanol–water partition coefficient (Wildman–Crippen LogP) is 4.08. The van der Waals surface area contributed by atoms with Gasteiger partial charge in [0.05, 0.1) is 12.7 Å². The van der Waals surface area contributed by atoms with E-state index in [2.05, 4.69) is 20.3 Å². The van der Waals surface area contributed by atoms with Crippen LogP contribution in [0.1, 0.15) is 16.7 Å². The molecule has 0 amide bonds. The number of hydrogen-bond acceptors (Lipinski definition) is 7. The smallest absolute Gasteiger partial charge is 0.419 e. The number of alkyl halides is 3. The number of aliphatic imine (C=N–C) groups is 1. The first-order chi connectivity index (χ1) is 15.9. The third-order valence-electron chi connectivity index (χ3n) is 5.22. The van der Waals surface area contributed by atoms with Gasteiger partial charge in [-0.15, -0.1) is 0 Å². The molecule has 0 aliphatic carbocycles. The van der Waals surface area contributed by atoms with Gasteiger partial charge in [-0.05, 0) is 46.5 Å². The van der Waals surface area contributed by atoms with E-state index < -0.39 is 17.3 Å². The summed E-state index contributed by atoms with van der Waals surface area (Å²) in [6.07, 6.45) is -1.32. The highest BCUT2D eigenvalue weighted by Crippen LogP contribution is 2.43. The van der Waals surface area contributed by atoms with Crippen molar-refractivity contribution in [1.29, 1.82) is 0 Å². The molecular formula is C23H18F3N3O4. The van der Waals surface area contributed by atoms with Gasteiger partial charge in [-0.2, -0.15) is 18.7 Å². The van der Waals surface area contributed by atoms with Crippen LogP contribution in [-0.2, 0) is 26.1 Å². The summed E-state index contributed by atoms with van der Waals surface area (Å²) in [4.78, 5) is 23.6. The number of benzene rings is 2. The van der Waals surface area contributed by atoms with Crippen molar-refractivity contribution in [3.8, 4) is 16.9 Å². The number of carbonyl (C=O) groups is 1. The summed E-state index contributed by atoms with van der Waals surface area (Å²) >= 11 is 0. The number of hydrogen-bond donors (Lipinski definition) is 1. The molecule has 0 saturated carbocycles. The molecule has 0 radical (unpaired) electrons. The summed E-state index contributed by atoms with van der Waals surface area (Å²) in [6, 6.07) is 14.4. The largest absolute Gasteiger partial charge is 0.496 e. The zero-order valence-corrected chi connectivity index (χ0v) is 17.3. The number of carbonyl (C=O) groups excluding carboxylic acids is 1. The molecule has 0 fully saturated rings. The van der Waals surface area contributed by atoms with E-state index in [4.69, 9.17) is 9.47 Å². The van der Waals surface area contributed by atoms with Crippen LogP contribution >= 0.6 is 0 Å². The molecule has 3 aromatic rings. The first-order valence-electron chi connectivity index (χ1n) is 9.72. The van der Waals surface area contributed by atoms with E-state index in [9.17, 15) is 18.0 Å². The third-order valence-corrected chi connectivity index (χ3v) is 5.22. The molecule has 0 bridgehead atoms. The van der Waals surface area contributed by atoms with Crippen LogP contribution in [0.2, 0.25) is 0 Å². The predicted molar refractivity (Wildman–Crippen MR) is 112 cm³/mol. The minimum Gasteiger partial charge on any atom is -0.496 e. The van der Waals surface area contributed by atoms with Crippen molar-refractivity contribution in [2.75, 3.05) is 13.7 Å². The molecule has 33 heavy (non-hydrogen) atoms. The number of pyridine rings is 1. The van der Waals surface area contributed by atoms with Gasteiger partial charge in [-0.25, -0.2) is 4.99 Å². The standard InChI is InChI=1S/C23H18F3N3O4/c1-31-20-8-7-18(11-19(20)23(24,25)26)22(13-32-21(28-22)29-33-14-30)17-6-2-4-15(10-17)16-5-3-9-27-12-16/h2-12,14H,13H2,1H3,(H,28,29). The van der Waals surface area contributed by atoms with Crippen molar-refractivity contribution in [1.82, 2.24) is 10.5 Å². The lowest BCUT2D eigenvalue weighted by Crippen LogP contribution is -2.28. The van der Waals surface area contributed by atoms with Gasteiger partial charge < -0.3 is 14.3 Å². The number of nitrogens with zero attached hydrogens (tertiary/aromatic N) is 2. The summed E-state index contributed by atoms with van der Waals surface area (Å²) in [5.74, 6) is -0.309. The molecule has 1 atom stereocenters. The van der Waals surface area contributed by atoms with Gasteiger partial charge in [0, 0.05) is 12.4 Å². The highest BCUT2D eigenvalue weighted by Gasteiger charge is 2.43. The fraction of sp³-hybridized carbons (Fsp3) is 0.174. The zero-order chi connectivity index (χ0) is 23.5. The van der Waals surface area contributed by atoms with E-state index in [0.717, 1.165) is 17.2 Å². The quantitative estimate of drug-likeness (QED) is 0.444. The molecule has 2 heterocycles. The monoisotopic (exact) mass is 457 g/mol. The summed E-state index contributed by atoms with van der Waals surface area (Å²) in [6.45, 7) is 0.0156. The maximum atomic E-state index is 13.7. The topological polar surface area (TPSA) is 82.0 Å². The number of hydroxylamine groups is 1. The normalized spacial score (nSPS) is 17.6. The highest BCUT2D eigenvalue weighted by molar-refractivity contribution is 5.77. The van der Waals surface area contributed by atoms with Gasteiger partial charge in [0.15, 0.2) is 5.54 Å². The molecule has 1 aliphatic rings. The molecule has 0 saturated heterocycles. The SMILES string of the molecule is COc1ccc(C2(c3cccc(-c4cccnc4)c3)COC(NOC=O)=N2)cc1C(F)(F)F. The fourth-order valence-electron chi connectivity index (χ4n) is 3.68. The van der Waals surface area contributed by atoms with Crippen molar-refractivity contribution >= 4 is 12.5 Å². The van der Waals surface area contributed by atoms with Crippen LogP contribution < -0.4 is 10.2 Å². The van der Waals surface area contributed by atoms with Gasteiger partial charge in [-0.3, -0.25) is 9.78 Å². The van der Waals surface area contributed by atoms with Gasteiger partial charge in [0.2, 0.25) is 0 Å². The van der Waals surface area contributed by atoms with E-state index in [1.165, 1.54) is 19.2 Å². The molecule has 1 aromatic heterocycles. The lowest BCUT2D eigenvalue weighted by molar-refractivity contribution is -0.138. The Labute approximate surface area is 186 Å². The average Bonchev–Trinajstić information content (AvgIpc) is 3.28. The number of halogens is 3. The molecule has 1 aliphatic heterocycles. The Morgan fingerprint density at radius 2 is 1.88 bits per heavy atom. The molecule has 10 heteroatoms. The van der Waals surface area contributed by atoms with Gasteiger partial charge in [0.1, 0.15) is 12.4 Å². The van der Waals surface area contributed by atoms with Crippen LogP contribution in [0.4, 0.5) is 13.2 Å². The number of ether oxygens (including phenoxy) is 2. The summed E-state index contributed by atoms with van der Waals surface area (Å²) in [5.41, 5.74) is 2.37. The molecule has 1 unspecified atom stereocenters. The van der Waals surface area contributed by atoms with Crippen LogP contribution in [0.3, 0.4) is 0 Å². The summed E-state index contributed by atoms with van der Waals surface area (Å²) in [7, 11) is 1.17. The third kappa shape index (κ3) is 4.32. The molecule has 1 N–H and O–H groups in total. The Morgan fingerprint density at radius 1 is 1.09 bits per heavy atom. The number of rotatable bonds is 6. The van der Waals surface area contributed by atoms with Gasteiger partial charge in [0.25, 0.3) is 0 Å². The number of nitrogens with one attached hydrogen (secondary N) is 1. The number of aromatic nitrogens is 1. The lowest BCUT2D eigenvalue weighted by atomic mass is 9.82. The van der Waals surface area contributed by atoms with E-state index in [-0.39, 0.29) is 30.4 Å². The summed E-state index contributed by atoms with van der Waals surface area (Å²) in [5, 5.41) is 0. The Morgan fingerprint density at radius 3 is 2.58 bits per heavy atom. The zero-order valence-electron chi connectivity index (χ0n) is 17.3. The van der Waals surface area contributed by atoms with E-state index in [1.54, 1.807) is 30.6 Å². The van der Waals surface area contributed by atoms with Crippen LogP contribution in [0, 0.1) is 0 Å². The fourth-order valence-corrected chi connectivity index (χ4v) is 3.68. The average molecular weight is 457 g/mol. The maximum Gasteiger partial charge on any atom is 0.419 e. The highest BCUT2D eigenvalue weighted by atomic mass is 19.4. The lowest BCUT2D eigenvalue weighted by Gasteiger charge is -2.27. The van der Waals surface area contributed by atoms with Crippen LogP contribution in [0.5, 0.6) is 5.75 Å². The Hall–Kier alpha value is -4.08. The molecular weight excluding hydrogens is 439 g/mol. The molecule has 170 valence electrons. The van der Waals surface area contributed by atoms with Crippen LogP contribution in [0.15, 0.2) is 72.0 Å². The minimum atomic E-state index is -4.65.